The second-order valence-corrected chi connectivity index (χ2v) is 5.39. The average Bonchev–Trinajstić information content (AvgIpc) is 2.69. The maximum Gasteiger partial charge on any atom is 0.120 e. The Labute approximate surface area is 95.1 Å². The topological polar surface area (TPSA) is 46.2 Å². The van der Waals surface area contributed by atoms with Crippen molar-refractivity contribution < 1.29 is 5.11 Å². The Morgan fingerprint density at radius 1 is 1.47 bits per heavy atom. The number of hydrogen-bond donors (Lipinski definition) is 2. The zero-order chi connectivity index (χ0) is 11.3. The van der Waals surface area contributed by atoms with Crippen LogP contribution in [0.3, 0.4) is 0 Å². The highest BCUT2D eigenvalue weighted by Crippen LogP contribution is 2.66. The monoisotopic (exact) mass is 225 g/mol. The van der Waals surface area contributed by atoms with Crippen LogP contribution in [-0.4, -0.2) is 11.7 Å². The van der Waals surface area contributed by atoms with E-state index < -0.39 is 0 Å². The van der Waals surface area contributed by atoms with Crippen molar-refractivity contribution >= 4 is 11.6 Å². The normalized spacial score (nSPS) is 27.7. The Morgan fingerprint density at radius 3 is 2.47 bits per heavy atom. The predicted molar refractivity (Wildman–Crippen MR) is 62.2 cm³/mol. The van der Waals surface area contributed by atoms with Gasteiger partial charge in [0.25, 0.3) is 0 Å². The van der Waals surface area contributed by atoms with E-state index in [1.54, 1.807) is 12.1 Å². The SMILES string of the molecule is CC1(C)CC1(CN)c1c(O)cccc1Cl. The lowest BCUT2D eigenvalue weighted by atomic mass is 9.87. The molecule has 0 saturated heterocycles. The number of rotatable bonds is 2. The summed E-state index contributed by atoms with van der Waals surface area (Å²) < 4.78 is 0. The Morgan fingerprint density at radius 2 is 2.07 bits per heavy atom. The highest BCUT2D eigenvalue weighted by Gasteiger charge is 2.62. The predicted octanol–water partition coefficient (Wildman–Crippen LogP) is 2.67. The molecule has 3 N–H and O–H groups in total. The van der Waals surface area contributed by atoms with Crippen molar-refractivity contribution in [3.63, 3.8) is 0 Å². The van der Waals surface area contributed by atoms with Crippen LogP contribution in [0.1, 0.15) is 25.8 Å². The van der Waals surface area contributed by atoms with Crippen molar-refractivity contribution in [1.82, 2.24) is 0 Å². The minimum atomic E-state index is -0.143. The minimum Gasteiger partial charge on any atom is -0.508 e. The van der Waals surface area contributed by atoms with Crippen molar-refractivity contribution in [1.29, 1.82) is 0 Å². The Bertz CT molecular complexity index is 382. The van der Waals surface area contributed by atoms with Crippen molar-refractivity contribution in [2.75, 3.05) is 6.54 Å². The molecule has 1 fully saturated rings. The first-order valence-electron chi connectivity index (χ1n) is 5.13. The summed E-state index contributed by atoms with van der Waals surface area (Å²) in [6, 6.07) is 5.23. The second kappa shape index (κ2) is 3.13. The minimum absolute atomic E-state index is 0.129. The number of hydrogen-bond acceptors (Lipinski definition) is 2. The van der Waals surface area contributed by atoms with Crippen LogP contribution in [-0.2, 0) is 5.41 Å². The van der Waals surface area contributed by atoms with E-state index >= 15 is 0 Å². The fraction of sp³-hybridized carbons (Fsp3) is 0.500. The zero-order valence-corrected chi connectivity index (χ0v) is 9.80. The molecule has 1 saturated carbocycles. The third-order valence-corrected chi connectivity index (χ3v) is 4.05. The first-order valence-corrected chi connectivity index (χ1v) is 5.50. The van der Waals surface area contributed by atoms with E-state index in [1.165, 1.54) is 0 Å². The van der Waals surface area contributed by atoms with Crippen LogP contribution in [0.2, 0.25) is 5.02 Å². The van der Waals surface area contributed by atoms with Gasteiger partial charge in [-0.25, -0.2) is 0 Å². The van der Waals surface area contributed by atoms with Crippen LogP contribution in [0.25, 0.3) is 0 Å². The average molecular weight is 226 g/mol. The van der Waals surface area contributed by atoms with Gasteiger partial charge in [-0.2, -0.15) is 0 Å². The molecular formula is C12H16ClNO. The van der Waals surface area contributed by atoms with E-state index in [9.17, 15) is 5.11 Å². The Hall–Kier alpha value is -0.730. The zero-order valence-electron chi connectivity index (χ0n) is 9.05. The standard InChI is InChI=1S/C12H16ClNO/c1-11(2)6-12(11,7-14)10-8(13)4-3-5-9(10)15/h3-5,15H,6-7,14H2,1-2H3. The molecule has 1 atom stereocenters. The second-order valence-electron chi connectivity index (χ2n) is 4.98. The van der Waals surface area contributed by atoms with Crippen LogP contribution < -0.4 is 5.73 Å². The number of phenolic OH excluding ortho intramolecular Hbond substituents is 1. The molecule has 1 aliphatic carbocycles. The van der Waals surface area contributed by atoms with Gasteiger partial charge in [-0.3, -0.25) is 0 Å². The van der Waals surface area contributed by atoms with Gasteiger partial charge in [0.05, 0.1) is 0 Å². The molecule has 1 aromatic carbocycles. The molecule has 1 unspecified atom stereocenters. The van der Waals surface area contributed by atoms with Crippen molar-refractivity contribution in [3.8, 4) is 5.75 Å². The summed E-state index contributed by atoms with van der Waals surface area (Å²) in [5.74, 6) is 0.263. The number of phenols is 1. The van der Waals surface area contributed by atoms with Crippen LogP contribution in [0.15, 0.2) is 18.2 Å². The molecule has 0 spiro atoms. The van der Waals surface area contributed by atoms with E-state index in [1.807, 2.05) is 6.07 Å². The summed E-state index contributed by atoms with van der Waals surface area (Å²) in [5, 5.41) is 10.5. The maximum absolute atomic E-state index is 9.89. The van der Waals surface area contributed by atoms with Gasteiger partial charge in [-0.1, -0.05) is 31.5 Å². The van der Waals surface area contributed by atoms with Crippen LogP contribution in [0, 0.1) is 5.41 Å². The molecule has 82 valence electrons. The highest BCUT2D eigenvalue weighted by atomic mass is 35.5. The Balaban J connectivity index is 2.55. The van der Waals surface area contributed by atoms with Gasteiger partial charge < -0.3 is 10.8 Å². The molecule has 2 nitrogen and oxygen atoms in total. The third-order valence-electron chi connectivity index (χ3n) is 3.73. The van der Waals surface area contributed by atoms with Gasteiger partial charge >= 0.3 is 0 Å². The molecule has 3 heteroatoms. The van der Waals surface area contributed by atoms with Crippen LogP contribution in [0.5, 0.6) is 5.75 Å². The van der Waals surface area contributed by atoms with E-state index in [0.717, 1.165) is 12.0 Å². The molecule has 0 aromatic heterocycles. The molecule has 2 rings (SSSR count). The molecule has 0 radical (unpaired) electrons. The van der Waals surface area contributed by atoms with Crippen LogP contribution in [0.4, 0.5) is 0 Å². The lowest BCUT2D eigenvalue weighted by Gasteiger charge is -2.21. The van der Waals surface area contributed by atoms with Gasteiger partial charge in [0.1, 0.15) is 5.75 Å². The molecule has 1 aromatic rings. The summed E-state index contributed by atoms with van der Waals surface area (Å²) in [4.78, 5) is 0. The summed E-state index contributed by atoms with van der Waals surface area (Å²) in [6.07, 6.45) is 0.980. The molecular weight excluding hydrogens is 210 g/mol. The lowest BCUT2D eigenvalue weighted by Crippen LogP contribution is -2.25. The van der Waals surface area contributed by atoms with Gasteiger partial charge in [0.15, 0.2) is 0 Å². The number of nitrogens with two attached hydrogens (primary N) is 1. The fourth-order valence-electron chi connectivity index (χ4n) is 2.57. The lowest BCUT2D eigenvalue weighted by molar-refractivity contribution is 0.437. The third kappa shape index (κ3) is 1.35. The van der Waals surface area contributed by atoms with E-state index in [4.69, 9.17) is 17.3 Å². The van der Waals surface area contributed by atoms with Crippen molar-refractivity contribution in [3.05, 3.63) is 28.8 Å². The van der Waals surface area contributed by atoms with E-state index in [2.05, 4.69) is 13.8 Å². The maximum atomic E-state index is 9.89. The van der Waals surface area contributed by atoms with E-state index in [-0.39, 0.29) is 16.6 Å². The highest BCUT2D eigenvalue weighted by molar-refractivity contribution is 6.31. The van der Waals surface area contributed by atoms with Gasteiger partial charge in [0, 0.05) is 22.5 Å². The number of aromatic hydroxyl groups is 1. The van der Waals surface area contributed by atoms with Crippen LogP contribution >= 0.6 is 11.6 Å². The molecule has 0 aliphatic heterocycles. The van der Waals surface area contributed by atoms with E-state index in [0.29, 0.717) is 11.6 Å². The van der Waals surface area contributed by atoms with Gasteiger partial charge in [-0.15, -0.1) is 0 Å². The number of benzene rings is 1. The summed E-state index contributed by atoms with van der Waals surface area (Å²) in [6.45, 7) is 4.84. The largest absolute Gasteiger partial charge is 0.508 e. The van der Waals surface area contributed by atoms with Crippen molar-refractivity contribution in [2.45, 2.75) is 25.7 Å². The first-order chi connectivity index (χ1) is 6.94. The van der Waals surface area contributed by atoms with Gasteiger partial charge in [0.2, 0.25) is 0 Å². The molecule has 0 amide bonds. The summed E-state index contributed by atoms with van der Waals surface area (Å²) in [7, 11) is 0. The number of halogens is 1. The first kappa shape index (κ1) is 10.8. The quantitative estimate of drug-likeness (QED) is 0.813. The molecule has 1 aliphatic rings. The van der Waals surface area contributed by atoms with Gasteiger partial charge in [-0.05, 0) is 24.0 Å². The molecule has 0 bridgehead atoms. The fourth-order valence-corrected chi connectivity index (χ4v) is 2.92. The Kier molecular flexibility index (Phi) is 2.25. The summed E-state index contributed by atoms with van der Waals surface area (Å²) in [5.41, 5.74) is 6.65. The molecule has 0 heterocycles. The summed E-state index contributed by atoms with van der Waals surface area (Å²) >= 11 is 6.14. The smallest absolute Gasteiger partial charge is 0.120 e. The van der Waals surface area contributed by atoms with Crippen molar-refractivity contribution in [2.24, 2.45) is 11.1 Å². The molecule has 15 heavy (non-hydrogen) atoms.